The molecule has 0 aliphatic carbocycles. The van der Waals surface area contributed by atoms with Crippen LogP contribution in [0.5, 0.6) is 0 Å². The summed E-state index contributed by atoms with van der Waals surface area (Å²) in [6, 6.07) is 5.50. The van der Waals surface area contributed by atoms with Gasteiger partial charge in [0.1, 0.15) is 5.82 Å². The maximum absolute atomic E-state index is 9.76. The number of piperidine rings is 1. The van der Waals surface area contributed by atoms with E-state index in [1.165, 1.54) is 0 Å². The topological polar surface area (TPSA) is 45.1 Å². The van der Waals surface area contributed by atoms with Crippen LogP contribution in [0.1, 0.15) is 38.7 Å². The first-order chi connectivity index (χ1) is 13.4. The third-order valence-electron chi connectivity index (χ3n) is 5.91. The molecule has 1 aromatic carbocycles. The Morgan fingerprint density at radius 1 is 1.25 bits per heavy atom. The van der Waals surface area contributed by atoms with Gasteiger partial charge in [0.05, 0.1) is 23.3 Å². The fourth-order valence-electron chi connectivity index (χ4n) is 3.90. The molecule has 0 atom stereocenters. The van der Waals surface area contributed by atoms with Crippen molar-refractivity contribution in [3.63, 3.8) is 0 Å². The molecule has 0 amide bonds. The van der Waals surface area contributed by atoms with Crippen LogP contribution in [0.25, 0.3) is 5.57 Å². The summed E-state index contributed by atoms with van der Waals surface area (Å²) in [7, 11) is 0. The number of benzene rings is 1. The van der Waals surface area contributed by atoms with Gasteiger partial charge in [-0.3, -0.25) is 0 Å². The fourth-order valence-corrected chi connectivity index (χ4v) is 4.32. The minimum Gasteiger partial charge on any atom is -0.392 e. The van der Waals surface area contributed by atoms with Crippen molar-refractivity contribution in [2.24, 2.45) is 10.4 Å². The summed E-state index contributed by atoms with van der Waals surface area (Å²) in [6.45, 7) is 11.6. The Bertz CT molecular complexity index is 801. The van der Waals surface area contributed by atoms with Gasteiger partial charge in [0.25, 0.3) is 0 Å². The molecule has 0 bridgehead atoms. The van der Waals surface area contributed by atoms with Crippen LogP contribution < -0.4 is 0 Å². The highest BCUT2D eigenvalue weighted by Crippen LogP contribution is 2.40. The van der Waals surface area contributed by atoms with Gasteiger partial charge in [0, 0.05) is 31.0 Å². The van der Waals surface area contributed by atoms with Gasteiger partial charge in [-0.1, -0.05) is 41.9 Å². The third-order valence-corrected chi connectivity index (χ3v) is 6.73. The quantitative estimate of drug-likeness (QED) is 0.663. The summed E-state index contributed by atoms with van der Waals surface area (Å²) in [5.74, 6) is 0.827. The van der Waals surface area contributed by atoms with Crippen LogP contribution in [0.3, 0.4) is 0 Å². The number of likely N-dealkylation sites (tertiary alicyclic amines) is 1. The Morgan fingerprint density at radius 3 is 2.57 bits per heavy atom. The summed E-state index contributed by atoms with van der Waals surface area (Å²) in [4.78, 5) is 7.13. The van der Waals surface area contributed by atoms with Crippen molar-refractivity contribution in [2.75, 3.05) is 32.9 Å². The van der Waals surface area contributed by atoms with E-state index >= 15 is 0 Å². The average molecular weight is 423 g/mol. The zero-order valence-corrected chi connectivity index (χ0v) is 18.1. The molecule has 152 valence electrons. The van der Waals surface area contributed by atoms with E-state index in [4.69, 9.17) is 32.9 Å². The molecule has 2 aliphatic rings. The molecule has 1 aromatic rings. The Hall–Kier alpha value is -1.33. The van der Waals surface area contributed by atoms with Crippen molar-refractivity contribution < 1.29 is 9.84 Å². The Kier molecular flexibility index (Phi) is 6.87. The van der Waals surface area contributed by atoms with Crippen LogP contribution >= 0.6 is 23.2 Å². The minimum absolute atomic E-state index is 0.0265. The lowest BCUT2D eigenvalue weighted by molar-refractivity contribution is 0.0934. The highest BCUT2D eigenvalue weighted by atomic mass is 35.5. The summed E-state index contributed by atoms with van der Waals surface area (Å²) < 4.78 is 5.64. The Balaban J connectivity index is 1.82. The largest absolute Gasteiger partial charge is 0.392 e. The van der Waals surface area contributed by atoms with Crippen molar-refractivity contribution in [2.45, 2.75) is 33.1 Å². The molecule has 0 unspecified atom stereocenters. The van der Waals surface area contributed by atoms with Gasteiger partial charge in [-0.15, -0.1) is 0 Å². The van der Waals surface area contributed by atoms with Gasteiger partial charge in [0.15, 0.2) is 0 Å². The molecule has 2 fully saturated rings. The molecule has 0 radical (unpaired) electrons. The number of hydrogen-bond donors (Lipinski definition) is 1. The van der Waals surface area contributed by atoms with E-state index in [1.54, 1.807) is 6.07 Å². The highest BCUT2D eigenvalue weighted by molar-refractivity contribution is 6.44. The third kappa shape index (κ3) is 4.46. The molecule has 6 heteroatoms. The van der Waals surface area contributed by atoms with E-state index in [0.717, 1.165) is 73.8 Å². The van der Waals surface area contributed by atoms with Crippen molar-refractivity contribution in [1.82, 2.24) is 4.90 Å². The first-order valence-corrected chi connectivity index (χ1v) is 10.4. The van der Waals surface area contributed by atoms with E-state index in [0.29, 0.717) is 15.5 Å². The number of allylic oxidation sites excluding steroid dienone is 1. The molecule has 1 spiro atoms. The lowest BCUT2D eigenvalue weighted by Crippen LogP contribution is -2.40. The number of aliphatic imine (C=N–C) groups is 1. The maximum atomic E-state index is 9.76. The molecule has 2 aliphatic heterocycles. The number of ether oxygens (including phenoxy) is 1. The summed E-state index contributed by atoms with van der Waals surface area (Å²) in [5, 5.41) is 10.7. The number of nitrogens with zero attached hydrogens (tertiary/aromatic N) is 2. The molecule has 3 rings (SSSR count). The van der Waals surface area contributed by atoms with Gasteiger partial charge in [-0.25, -0.2) is 4.99 Å². The van der Waals surface area contributed by atoms with Gasteiger partial charge < -0.3 is 14.7 Å². The van der Waals surface area contributed by atoms with E-state index < -0.39 is 0 Å². The minimum atomic E-state index is -0.0265. The first kappa shape index (κ1) is 21.4. The summed E-state index contributed by atoms with van der Waals surface area (Å²) in [5.41, 5.74) is 3.44. The first-order valence-electron chi connectivity index (χ1n) is 9.69. The molecule has 4 nitrogen and oxygen atoms in total. The number of hydrogen-bond acceptors (Lipinski definition) is 4. The van der Waals surface area contributed by atoms with E-state index in [9.17, 15) is 5.11 Å². The summed E-state index contributed by atoms with van der Waals surface area (Å²) in [6.07, 6.45) is 3.32. The van der Waals surface area contributed by atoms with Gasteiger partial charge >= 0.3 is 0 Å². The van der Waals surface area contributed by atoms with Gasteiger partial charge in [-0.05, 0) is 55.7 Å². The summed E-state index contributed by atoms with van der Waals surface area (Å²) >= 11 is 12.5. The van der Waals surface area contributed by atoms with Gasteiger partial charge in [0.2, 0.25) is 0 Å². The Labute approximate surface area is 177 Å². The average Bonchev–Trinajstić information content (AvgIpc) is 3.15. The van der Waals surface area contributed by atoms with Crippen molar-refractivity contribution in [1.29, 1.82) is 0 Å². The molecule has 28 heavy (non-hydrogen) atoms. The molecular formula is C22H28Cl2N2O2. The SMILES string of the molecule is C=C(C(C)=N/C(=C(\C)CO)N1CCC2(CCOC2)CC1)c1cccc(Cl)c1Cl. The van der Waals surface area contributed by atoms with E-state index in [1.807, 2.05) is 26.0 Å². The zero-order valence-electron chi connectivity index (χ0n) is 16.6. The molecule has 2 heterocycles. The zero-order chi connectivity index (χ0) is 20.3. The van der Waals surface area contributed by atoms with Crippen LogP contribution in [0.4, 0.5) is 0 Å². The normalized spacial score (nSPS) is 20.5. The highest BCUT2D eigenvalue weighted by Gasteiger charge is 2.38. The van der Waals surface area contributed by atoms with Crippen LogP contribution in [-0.4, -0.2) is 48.6 Å². The lowest BCUT2D eigenvalue weighted by atomic mass is 9.78. The van der Waals surface area contributed by atoms with Crippen LogP contribution in [0.15, 0.2) is 41.2 Å². The second-order valence-corrected chi connectivity index (χ2v) is 8.61. The predicted octanol–water partition coefficient (Wildman–Crippen LogP) is 5.19. The van der Waals surface area contributed by atoms with Crippen LogP contribution in [0, 0.1) is 5.41 Å². The second kappa shape index (κ2) is 9.00. The lowest BCUT2D eigenvalue weighted by Gasteiger charge is -2.40. The number of halogens is 2. The molecule has 1 N–H and O–H groups in total. The molecule has 0 saturated carbocycles. The monoisotopic (exact) mass is 422 g/mol. The number of aliphatic hydroxyl groups is 1. The molecule has 2 saturated heterocycles. The van der Waals surface area contributed by atoms with Crippen molar-refractivity contribution in [3.8, 4) is 0 Å². The van der Waals surface area contributed by atoms with Crippen LogP contribution in [-0.2, 0) is 4.74 Å². The van der Waals surface area contributed by atoms with E-state index in [2.05, 4.69) is 11.5 Å². The number of aliphatic hydroxyl groups excluding tert-OH is 1. The molecule has 0 aromatic heterocycles. The standard InChI is InChI=1S/C22H28Cl2N2O2/c1-15(13-27)21(26-10-7-22(8-11-26)9-12-28-14-22)25-17(3)16(2)18-5-4-6-19(23)20(18)24/h4-6,27H,2,7-14H2,1,3H3/b21-15-,25-17?. The van der Waals surface area contributed by atoms with Crippen molar-refractivity contribution >= 4 is 34.5 Å². The predicted molar refractivity (Wildman–Crippen MR) is 117 cm³/mol. The Morgan fingerprint density at radius 2 is 1.96 bits per heavy atom. The second-order valence-electron chi connectivity index (χ2n) is 7.83. The smallest absolute Gasteiger partial charge is 0.130 e. The fraction of sp³-hybridized carbons (Fsp3) is 0.500. The van der Waals surface area contributed by atoms with Crippen LogP contribution in [0.2, 0.25) is 10.0 Å². The van der Waals surface area contributed by atoms with Crippen molar-refractivity contribution in [3.05, 3.63) is 51.8 Å². The van der Waals surface area contributed by atoms with E-state index in [-0.39, 0.29) is 6.61 Å². The number of rotatable bonds is 5. The molecular weight excluding hydrogens is 395 g/mol. The van der Waals surface area contributed by atoms with Gasteiger partial charge in [-0.2, -0.15) is 0 Å². The maximum Gasteiger partial charge on any atom is 0.130 e.